The van der Waals surface area contributed by atoms with E-state index in [4.69, 9.17) is 59.9 Å². The number of nitrogens with zero attached hydrogens (tertiary/aromatic N) is 4. The molecule has 7 aromatic carbocycles. The number of aromatic nitrogens is 3. The molecule has 0 saturated carbocycles. The number of fused-ring (bicyclic) bond motifs is 3. The zero-order chi connectivity index (χ0) is 42.6. The van der Waals surface area contributed by atoms with E-state index in [-0.39, 0.29) is 17.2 Å². The number of halogens is 2. The molecule has 0 amide bonds. The van der Waals surface area contributed by atoms with E-state index in [1.807, 2.05) is 68.6 Å². The van der Waals surface area contributed by atoms with Gasteiger partial charge in [-0.05, 0) is 117 Å². The van der Waals surface area contributed by atoms with Gasteiger partial charge < -0.3 is 32.3 Å². The largest absolute Gasteiger partial charge is 0.398 e. The molecule has 2 heterocycles. The topological polar surface area (TPSA) is 130 Å². The van der Waals surface area contributed by atoms with Gasteiger partial charge in [-0.15, -0.1) is 50.5 Å². The maximum absolute atomic E-state index is 6.41. The van der Waals surface area contributed by atoms with Crippen LogP contribution in [0, 0.1) is 6.92 Å². The minimum atomic E-state index is -0.00756. The fourth-order valence-electron chi connectivity index (χ4n) is 7.12. The molecule has 300 valence electrons. The molecule has 1 aliphatic heterocycles. The second-order valence-corrected chi connectivity index (χ2v) is 16.9. The van der Waals surface area contributed by atoms with Gasteiger partial charge in [0, 0.05) is 81.9 Å². The lowest BCUT2D eigenvalue weighted by molar-refractivity contribution is 1.06. The third-order valence-electron chi connectivity index (χ3n) is 10.2. The molecule has 60 heavy (non-hydrogen) atoms. The van der Waals surface area contributed by atoms with E-state index in [9.17, 15) is 0 Å². The van der Waals surface area contributed by atoms with Crippen molar-refractivity contribution in [3.63, 3.8) is 0 Å². The summed E-state index contributed by atoms with van der Waals surface area (Å²) in [6.45, 7) is 10.8. The summed E-state index contributed by atoms with van der Waals surface area (Å²) in [6, 6.07) is 29.2. The van der Waals surface area contributed by atoms with Crippen molar-refractivity contribution >= 4 is 170 Å². The SMILES string of the molecule is C=C1C=c2c3ccccc3c(=C)c3c(Nc4cc(Nc5nc(Cl)nc(Nc6cc(S)cc7cc(S)c(N)cc67)n5)c(S)cc4S)ccc(c23)N1C.Cc1ccc(Cl)cc1N. The number of thiol groups is 4. The maximum atomic E-state index is 6.41. The zero-order valence-electron chi connectivity index (χ0n) is 32.1. The molecular weight excluding hydrogens is 866 g/mol. The van der Waals surface area contributed by atoms with Gasteiger partial charge in [-0.1, -0.05) is 55.1 Å². The van der Waals surface area contributed by atoms with Crippen molar-refractivity contribution in [3.05, 3.63) is 130 Å². The summed E-state index contributed by atoms with van der Waals surface area (Å²) in [7, 11) is 2.03. The predicted molar refractivity (Wildman–Crippen MR) is 267 cm³/mol. The van der Waals surface area contributed by atoms with Crippen molar-refractivity contribution in [1.82, 2.24) is 15.0 Å². The standard InChI is InChI=1S/C38H29ClN8S4.C7H8ClN/c1-17-10-24-22-7-5-4-6-21(22)18(2)34-26(8-9-30(35(24)34)47(17)3)41-28-15-29(33(51)16-32(28)50)43-38-45-36(39)44-37(46-38)42-27-13-20(48)11-19-12-31(49)25(40)14-23(19)27;1-5-2-3-6(8)4-7(5)9/h4-16,41,48-51H,1-2,40H2,3H3,(H2,42,43,44,45,46);2-4H,9H2,1H3. The van der Waals surface area contributed by atoms with Gasteiger partial charge in [0.2, 0.25) is 17.2 Å². The van der Waals surface area contributed by atoms with Crippen LogP contribution in [0.3, 0.4) is 0 Å². The Labute approximate surface area is 378 Å². The Kier molecular flexibility index (Phi) is 11.4. The lowest BCUT2D eigenvalue weighted by Gasteiger charge is -2.28. The first-order valence-electron chi connectivity index (χ1n) is 18.3. The van der Waals surface area contributed by atoms with Crippen LogP contribution in [0.1, 0.15) is 5.56 Å². The Balaban J connectivity index is 0.000000493. The van der Waals surface area contributed by atoms with Crippen LogP contribution in [0.2, 0.25) is 10.3 Å². The number of hydrogen-bond acceptors (Lipinski definition) is 13. The lowest BCUT2D eigenvalue weighted by atomic mass is 9.93. The van der Waals surface area contributed by atoms with Gasteiger partial charge in [-0.3, -0.25) is 0 Å². The molecule has 15 heteroatoms. The molecule has 0 bridgehead atoms. The molecule has 0 fully saturated rings. The Morgan fingerprint density at radius 3 is 2.02 bits per heavy atom. The zero-order valence-corrected chi connectivity index (χ0v) is 37.2. The summed E-state index contributed by atoms with van der Waals surface area (Å²) in [5.41, 5.74) is 19.0. The van der Waals surface area contributed by atoms with Crippen LogP contribution in [-0.2, 0) is 0 Å². The van der Waals surface area contributed by atoms with Crippen LogP contribution in [0.15, 0.2) is 123 Å². The monoisotopic (exact) mass is 901 g/mol. The quantitative estimate of drug-likeness (QED) is 0.0455. The van der Waals surface area contributed by atoms with Gasteiger partial charge in [0.1, 0.15) is 0 Å². The molecule has 0 unspecified atom stereocenters. The molecule has 1 aliphatic rings. The summed E-state index contributed by atoms with van der Waals surface area (Å²) in [6.07, 6.45) is 2.14. The highest BCUT2D eigenvalue weighted by molar-refractivity contribution is 7.81. The number of benzene rings is 7. The summed E-state index contributed by atoms with van der Waals surface area (Å²) < 4.78 is 0. The van der Waals surface area contributed by atoms with Gasteiger partial charge in [-0.2, -0.15) is 15.0 Å². The fourth-order valence-corrected chi connectivity index (χ4v) is 8.53. The van der Waals surface area contributed by atoms with Crippen LogP contribution in [0.4, 0.5) is 51.7 Å². The van der Waals surface area contributed by atoms with Crippen molar-refractivity contribution in [1.29, 1.82) is 0 Å². The summed E-state index contributed by atoms with van der Waals surface area (Å²) in [5, 5.41) is 19.0. The van der Waals surface area contributed by atoms with Gasteiger partial charge in [0.25, 0.3) is 0 Å². The summed E-state index contributed by atoms with van der Waals surface area (Å²) in [5.74, 6) is 0.431. The van der Waals surface area contributed by atoms with E-state index in [0.717, 1.165) is 81.7 Å². The molecule has 0 aliphatic carbocycles. The predicted octanol–water partition coefficient (Wildman–Crippen LogP) is 11.3. The van der Waals surface area contributed by atoms with Crippen LogP contribution in [0.25, 0.3) is 45.0 Å². The number of nitrogen functional groups attached to an aromatic ring is 2. The van der Waals surface area contributed by atoms with Gasteiger partial charge in [0.15, 0.2) is 0 Å². The van der Waals surface area contributed by atoms with Crippen LogP contribution in [0.5, 0.6) is 0 Å². The van der Waals surface area contributed by atoms with Crippen molar-refractivity contribution < 1.29 is 0 Å². The molecule has 9 rings (SSSR count). The lowest BCUT2D eigenvalue weighted by Crippen LogP contribution is -2.26. The van der Waals surface area contributed by atoms with Crippen LogP contribution >= 0.6 is 73.7 Å². The van der Waals surface area contributed by atoms with Gasteiger partial charge in [0.05, 0.1) is 11.4 Å². The van der Waals surface area contributed by atoms with Crippen molar-refractivity contribution in [2.75, 3.05) is 39.4 Å². The molecule has 0 spiro atoms. The van der Waals surface area contributed by atoms with E-state index in [0.29, 0.717) is 36.8 Å². The molecule has 0 radical (unpaired) electrons. The summed E-state index contributed by atoms with van der Waals surface area (Å²) in [4.78, 5) is 18.1. The molecule has 1 aromatic heterocycles. The van der Waals surface area contributed by atoms with E-state index >= 15 is 0 Å². The molecule has 7 N–H and O–H groups in total. The third kappa shape index (κ3) is 8.08. The molecule has 8 aromatic rings. The van der Waals surface area contributed by atoms with E-state index < -0.39 is 0 Å². The average Bonchev–Trinajstić information content (AvgIpc) is 3.19. The highest BCUT2D eigenvalue weighted by Crippen LogP contribution is 2.39. The fraction of sp³-hybridized carbons (Fsp3) is 0.0444. The molecular formula is C45H37Cl2N9S4. The number of rotatable bonds is 6. The van der Waals surface area contributed by atoms with Crippen molar-refractivity contribution in [2.24, 2.45) is 0 Å². The number of nitrogens with one attached hydrogen (secondary N) is 3. The number of allylic oxidation sites excluding steroid dienone is 1. The number of hydrogen-bond donors (Lipinski definition) is 9. The Bertz CT molecular complexity index is 3220. The second kappa shape index (κ2) is 16.6. The van der Waals surface area contributed by atoms with E-state index in [1.165, 1.54) is 0 Å². The Morgan fingerprint density at radius 1 is 0.633 bits per heavy atom. The first-order valence-corrected chi connectivity index (χ1v) is 20.9. The van der Waals surface area contributed by atoms with Gasteiger partial charge >= 0.3 is 0 Å². The highest BCUT2D eigenvalue weighted by Gasteiger charge is 2.20. The molecule has 0 saturated heterocycles. The Morgan fingerprint density at radius 2 is 1.32 bits per heavy atom. The smallest absolute Gasteiger partial charge is 0.233 e. The van der Waals surface area contributed by atoms with E-state index in [1.54, 1.807) is 6.07 Å². The van der Waals surface area contributed by atoms with Crippen LogP contribution in [-0.4, -0.2) is 22.0 Å². The Hall–Kier alpha value is -5.41. The first kappa shape index (κ1) is 41.3. The minimum absolute atomic E-state index is 0.00756. The highest BCUT2D eigenvalue weighted by atomic mass is 35.5. The summed E-state index contributed by atoms with van der Waals surface area (Å²) >= 11 is 30.6. The number of nitrogens with two attached hydrogens (primary N) is 2. The number of aryl methyl sites for hydroxylation is 1. The second-order valence-electron chi connectivity index (χ2n) is 14.2. The minimum Gasteiger partial charge on any atom is -0.398 e. The van der Waals surface area contributed by atoms with Crippen molar-refractivity contribution in [2.45, 2.75) is 26.5 Å². The first-order chi connectivity index (χ1) is 28.6. The van der Waals surface area contributed by atoms with Crippen LogP contribution < -0.4 is 42.8 Å². The molecule has 9 nitrogen and oxygen atoms in total. The maximum Gasteiger partial charge on any atom is 0.233 e. The van der Waals surface area contributed by atoms with E-state index in [2.05, 4.69) is 111 Å². The number of anilines is 9. The van der Waals surface area contributed by atoms with Gasteiger partial charge in [-0.25, -0.2) is 0 Å². The average molecular weight is 903 g/mol. The molecule has 0 atom stereocenters. The third-order valence-corrected chi connectivity index (χ3v) is 12.0. The normalized spacial score (nSPS) is 12.0. The van der Waals surface area contributed by atoms with Crippen molar-refractivity contribution in [3.8, 4) is 0 Å².